The molecule has 2 heterocycles. The van der Waals surface area contributed by atoms with Gasteiger partial charge in [0.05, 0.1) is 0 Å². The number of rotatable bonds is 6. The average molecular weight is 530 g/mol. The van der Waals surface area contributed by atoms with Crippen LogP contribution in [0.5, 0.6) is 5.75 Å². The number of benzene rings is 2. The van der Waals surface area contributed by atoms with Crippen molar-refractivity contribution in [3.8, 4) is 5.75 Å². The summed E-state index contributed by atoms with van der Waals surface area (Å²) in [6.07, 6.45) is 14.7. The zero-order valence-electron chi connectivity index (χ0n) is 23.4. The van der Waals surface area contributed by atoms with E-state index in [9.17, 15) is 4.79 Å². The maximum atomic E-state index is 13.7. The third-order valence-corrected chi connectivity index (χ3v) is 13.6. The quantitative estimate of drug-likeness (QED) is 0.236. The molecule has 0 N–H and O–H groups in total. The molecule has 1 unspecified atom stereocenters. The molecule has 2 fully saturated rings. The highest BCUT2D eigenvalue weighted by Crippen LogP contribution is 2.58. The van der Waals surface area contributed by atoms with E-state index in [1.165, 1.54) is 78.6 Å². The zero-order valence-corrected chi connectivity index (χ0v) is 24.2. The maximum Gasteiger partial charge on any atom is 0.339 e. The molecule has 0 amide bonds. The lowest BCUT2D eigenvalue weighted by molar-refractivity contribution is -0.131. The van der Waals surface area contributed by atoms with Gasteiger partial charge in [0.25, 0.3) is 0 Å². The predicted molar refractivity (Wildman–Crippen MR) is 161 cm³/mol. The molecule has 2 aromatic carbocycles. The van der Waals surface area contributed by atoms with Crippen LogP contribution in [-0.4, -0.2) is 28.3 Å². The lowest BCUT2D eigenvalue weighted by Gasteiger charge is -2.36. The molecule has 6 rings (SSSR count). The number of aryl methyl sites for hydroxylation is 1. The lowest BCUT2D eigenvalue weighted by atomic mass is 9.69. The Labute approximate surface area is 230 Å². The molecular formula is C34H43NO2S. The van der Waals surface area contributed by atoms with E-state index in [-0.39, 0.29) is 11.9 Å². The van der Waals surface area contributed by atoms with Gasteiger partial charge in [-0.25, -0.2) is 14.8 Å². The number of hydrogen-bond acceptors (Lipinski definition) is 2. The summed E-state index contributed by atoms with van der Waals surface area (Å²) in [7, 11) is -0.699. The highest BCUT2D eigenvalue weighted by atomic mass is 32.3. The van der Waals surface area contributed by atoms with Gasteiger partial charge in [-0.3, -0.25) is 0 Å². The van der Waals surface area contributed by atoms with E-state index < -0.39 is 10.0 Å². The van der Waals surface area contributed by atoms with Crippen LogP contribution in [0, 0.1) is 17.8 Å². The minimum Gasteiger partial charge on any atom is -0.423 e. The SMILES string of the molecule is CCC1CCC(C2Cc3c(n(CC)c4ccc(S5(C)CCCC5)cc34)C=C2C(=O)Oc2ccccc2)CC1. The van der Waals surface area contributed by atoms with Crippen molar-refractivity contribution in [3.05, 3.63) is 65.4 Å². The summed E-state index contributed by atoms with van der Waals surface area (Å²) in [5, 5.41) is 1.43. The maximum absolute atomic E-state index is 13.7. The Bertz CT molecular complexity index is 1340. The largest absolute Gasteiger partial charge is 0.423 e. The van der Waals surface area contributed by atoms with Crippen LogP contribution in [0.15, 0.2) is 59.0 Å². The number of fused-ring (bicyclic) bond motifs is 3. The second kappa shape index (κ2) is 10.6. The monoisotopic (exact) mass is 529 g/mol. The van der Waals surface area contributed by atoms with Crippen LogP contribution < -0.4 is 4.74 Å². The summed E-state index contributed by atoms with van der Waals surface area (Å²) in [6.45, 7) is 5.45. The number of carbonyl (C=O) groups excluding carboxylic acids is 1. The molecule has 2 aliphatic carbocycles. The first-order valence-corrected chi connectivity index (χ1v) is 17.3. The van der Waals surface area contributed by atoms with Gasteiger partial charge < -0.3 is 9.30 Å². The Hall–Kier alpha value is -2.46. The number of nitrogens with zero attached hydrogens (tertiary/aromatic N) is 1. The van der Waals surface area contributed by atoms with Crippen molar-refractivity contribution in [1.29, 1.82) is 0 Å². The number of hydrogen-bond donors (Lipinski definition) is 0. The van der Waals surface area contributed by atoms with Gasteiger partial charge in [0, 0.05) is 28.7 Å². The van der Waals surface area contributed by atoms with Crippen LogP contribution >= 0.6 is 10.0 Å². The van der Waals surface area contributed by atoms with Gasteiger partial charge in [0.2, 0.25) is 0 Å². The number of ether oxygens (including phenoxy) is 1. The number of carbonyl (C=O) groups is 1. The van der Waals surface area contributed by atoms with E-state index in [0.717, 1.165) is 24.5 Å². The zero-order chi connectivity index (χ0) is 26.3. The minimum atomic E-state index is -0.699. The summed E-state index contributed by atoms with van der Waals surface area (Å²) < 4.78 is 8.40. The molecule has 0 bridgehead atoms. The molecule has 1 saturated carbocycles. The summed E-state index contributed by atoms with van der Waals surface area (Å²) in [6, 6.07) is 16.9. The summed E-state index contributed by atoms with van der Waals surface area (Å²) in [5.41, 5.74) is 4.89. The van der Waals surface area contributed by atoms with Crippen molar-refractivity contribution in [2.24, 2.45) is 17.8 Å². The van der Waals surface area contributed by atoms with Crippen LogP contribution in [0.25, 0.3) is 17.0 Å². The molecule has 4 heteroatoms. The molecule has 3 nitrogen and oxygen atoms in total. The van der Waals surface area contributed by atoms with Gasteiger partial charge in [-0.05, 0) is 121 Å². The molecule has 0 spiro atoms. The van der Waals surface area contributed by atoms with Crippen molar-refractivity contribution in [3.63, 3.8) is 0 Å². The number of para-hydroxylation sites is 1. The molecule has 1 saturated heterocycles. The van der Waals surface area contributed by atoms with E-state index in [1.807, 2.05) is 30.3 Å². The van der Waals surface area contributed by atoms with E-state index >= 15 is 0 Å². The molecule has 0 radical (unpaired) electrons. The van der Waals surface area contributed by atoms with Gasteiger partial charge in [-0.1, -0.05) is 44.4 Å². The van der Waals surface area contributed by atoms with E-state index in [4.69, 9.17) is 4.74 Å². The van der Waals surface area contributed by atoms with Crippen LogP contribution in [0.1, 0.15) is 70.1 Å². The molecule has 1 atom stereocenters. The third-order valence-electron chi connectivity index (χ3n) is 9.85. The second-order valence-electron chi connectivity index (χ2n) is 12.0. The van der Waals surface area contributed by atoms with Crippen molar-refractivity contribution in [2.45, 2.75) is 76.7 Å². The molecule has 3 aliphatic rings. The van der Waals surface area contributed by atoms with Crippen molar-refractivity contribution in [1.82, 2.24) is 4.57 Å². The minimum absolute atomic E-state index is 0.166. The van der Waals surface area contributed by atoms with Crippen LogP contribution in [-0.2, 0) is 17.8 Å². The summed E-state index contributed by atoms with van der Waals surface area (Å²) >= 11 is 0. The van der Waals surface area contributed by atoms with Crippen molar-refractivity contribution in [2.75, 3.05) is 17.8 Å². The Morgan fingerprint density at radius 3 is 2.42 bits per heavy atom. The van der Waals surface area contributed by atoms with E-state index in [0.29, 0.717) is 11.7 Å². The summed E-state index contributed by atoms with van der Waals surface area (Å²) in [4.78, 5) is 15.3. The standard InChI is InChI=1S/C34H43NO2S/c1-4-24-13-15-25(16-14-24)28-22-30-29-21-27(38(3)19-9-10-20-38)17-18-32(29)35(5-2)33(30)23-31(28)34(36)37-26-11-7-6-8-12-26/h6-8,11-12,17-18,21,23-25,28H,4-5,9-10,13-16,19-20,22H2,1-3H3. The Morgan fingerprint density at radius 2 is 1.74 bits per heavy atom. The molecule has 1 aromatic heterocycles. The van der Waals surface area contributed by atoms with Gasteiger partial charge in [-0.15, -0.1) is 0 Å². The fourth-order valence-corrected chi connectivity index (χ4v) is 10.7. The fourth-order valence-electron chi connectivity index (χ4n) is 7.50. The van der Waals surface area contributed by atoms with Crippen LogP contribution in [0.4, 0.5) is 0 Å². The van der Waals surface area contributed by atoms with E-state index in [2.05, 4.69) is 48.9 Å². The molecule has 3 aromatic rings. The van der Waals surface area contributed by atoms with Crippen molar-refractivity contribution < 1.29 is 9.53 Å². The molecular weight excluding hydrogens is 486 g/mol. The van der Waals surface area contributed by atoms with Gasteiger partial charge in [0.15, 0.2) is 0 Å². The molecule has 1 aliphatic heterocycles. The lowest BCUT2D eigenvalue weighted by Crippen LogP contribution is -2.31. The predicted octanol–water partition coefficient (Wildman–Crippen LogP) is 8.63. The second-order valence-corrected chi connectivity index (χ2v) is 15.8. The van der Waals surface area contributed by atoms with Crippen LogP contribution in [0.3, 0.4) is 0 Å². The number of esters is 1. The Kier molecular flexibility index (Phi) is 7.20. The van der Waals surface area contributed by atoms with Gasteiger partial charge in [0.1, 0.15) is 5.75 Å². The molecule has 202 valence electrons. The summed E-state index contributed by atoms with van der Waals surface area (Å²) in [5.74, 6) is 4.81. The Balaban J connectivity index is 1.43. The number of aromatic nitrogens is 1. The first kappa shape index (κ1) is 25.8. The molecule has 38 heavy (non-hydrogen) atoms. The smallest absolute Gasteiger partial charge is 0.339 e. The van der Waals surface area contributed by atoms with Crippen LogP contribution in [0.2, 0.25) is 0 Å². The fraction of sp³-hybridized carbons (Fsp3) is 0.500. The topological polar surface area (TPSA) is 31.2 Å². The van der Waals surface area contributed by atoms with Crippen molar-refractivity contribution >= 4 is 33.0 Å². The van der Waals surface area contributed by atoms with Gasteiger partial charge in [-0.2, -0.15) is 0 Å². The highest BCUT2D eigenvalue weighted by molar-refractivity contribution is 8.33. The average Bonchev–Trinajstić information content (AvgIpc) is 3.54. The first-order chi connectivity index (χ1) is 18.5. The normalized spacial score (nSPS) is 25.6. The first-order valence-electron chi connectivity index (χ1n) is 14.9. The van der Waals surface area contributed by atoms with E-state index in [1.54, 1.807) is 4.90 Å². The Morgan fingerprint density at radius 1 is 1.00 bits per heavy atom. The third kappa shape index (κ3) is 4.63. The van der Waals surface area contributed by atoms with Gasteiger partial charge >= 0.3 is 5.97 Å². The highest BCUT2D eigenvalue weighted by Gasteiger charge is 2.37.